The maximum Gasteiger partial charge on any atom is 0.326 e. The van der Waals surface area contributed by atoms with Crippen LogP contribution in [0.15, 0.2) is 35.3 Å². The van der Waals surface area contributed by atoms with Crippen molar-refractivity contribution in [1.29, 1.82) is 0 Å². The number of hydrogen-bond acceptors (Lipinski definition) is 4. The van der Waals surface area contributed by atoms with Crippen molar-refractivity contribution in [2.75, 3.05) is 0 Å². The van der Waals surface area contributed by atoms with Gasteiger partial charge in [-0.3, -0.25) is 14.4 Å². The summed E-state index contributed by atoms with van der Waals surface area (Å²) in [5.74, 6) is -1.55. The van der Waals surface area contributed by atoms with E-state index in [0.717, 1.165) is 0 Å². The lowest BCUT2D eigenvalue weighted by Crippen LogP contribution is -2.30. The van der Waals surface area contributed by atoms with Gasteiger partial charge in [-0.25, -0.2) is 0 Å². The molecular weight excluding hydrogens is 298 g/mol. The normalized spacial score (nSPS) is 11.4. The van der Waals surface area contributed by atoms with Crippen LogP contribution in [0.1, 0.15) is 26.3 Å². The van der Waals surface area contributed by atoms with Gasteiger partial charge < -0.3 is 14.4 Å². The van der Waals surface area contributed by atoms with Gasteiger partial charge in [0.05, 0.1) is 6.42 Å². The summed E-state index contributed by atoms with van der Waals surface area (Å²) in [7, 11) is 0. The van der Waals surface area contributed by atoms with Gasteiger partial charge in [-0.15, -0.1) is 0 Å². The molecule has 0 saturated carbocycles. The molecule has 1 N–H and O–H groups in total. The Bertz CT molecular complexity index is 814. The molecule has 0 atom stereocenters. The van der Waals surface area contributed by atoms with Crippen molar-refractivity contribution in [2.45, 2.75) is 39.3 Å². The van der Waals surface area contributed by atoms with Crippen LogP contribution in [0.5, 0.6) is 0 Å². The molecule has 0 amide bonds. The molecule has 0 spiro atoms. The Kier molecular flexibility index (Phi) is 4.54. The molecule has 2 rings (SSSR count). The fourth-order valence-electron chi connectivity index (χ4n) is 2.35. The highest BCUT2D eigenvalue weighted by Gasteiger charge is 2.18. The number of carbonyl (C=O) groups excluding carboxylic acids is 1. The van der Waals surface area contributed by atoms with Crippen LogP contribution in [0.25, 0.3) is 10.8 Å². The number of pyridine rings is 1. The number of benzene rings is 1. The van der Waals surface area contributed by atoms with Crippen LogP contribution < -0.4 is 5.56 Å². The minimum atomic E-state index is -1.00. The van der Waals surface area contributed by atoms with Crippen LogP contribution >= 0.6 is 0 Å². The Labute approximate surface area is 133 Å². The van der Waals surface area contributed by atoms with E-state index in [1.54, 1.807) is 45.0 Å². The Morgan fingerprint density at radius 2 is 1.78 bits per heavy atom. The topological polar surface area (TPSA) is 85.6 Å². The molecule has 2 aromatic rings. The molecule has 6 heteroatoms. The standard InChI is InChI=1S/C17H19NO5/c1-17(2,3)23-15(21)10-18-9-11(8-14(19)20)12-6-4-5-7-13(12)16(18)22/h4-7,9H,8,10H2,1-3H3,(H,19,20). The smallest absolute Gasteiger partial charge is 0.326 e. The van der Waals surface area contributed by atoms with Crippen molar-refractivity contribution in [1.82, 2.24) is 4.57 Å². The molecule has 1 heterocycles. The van der Waals surface area contributed by atoms with Crippen LogP contribution in [0.2, 0.25) is 0 Å². The minimum absolute atomic E-state index is 0.227. The van der Waals surface area contributed by atoms with Gasteiger partial charge in [0.15, 0.2) is 0 Å². The number of ether oxygens (including phenoxy) is 1. The Morgan fingerprint density at radius 3 is 2.35 bits per heavy atom. The second-order valence-electron chi connectivity index (χ2n) is 6.29. The number of rotatable bonds is 4. The molecule has 0 radical (unpaired) electrons. The number of aromatic nitrogens is 1. The van der Waals surface area contributed by atoms with Crippen LogP contribution in [0.4, 0.5) is 0 Å². The number of carboxylic acid groups (broad SMARTS) is 1. The summed E-state index contributed by atoms with van der Waals surface area (Å²) in [4.78, 5) is 35.5. The number of esters is 1. The first-order chi connectivity index (χ1) is 10.7. The van der Waals surface area contributed by atoms with Crippen molar-refractivity contribution < 1.29 is 19.4 Å². The van der Waals surface area contributed by atoms with Crippen molar-refractivity contribution in [3.8, 4) is 0 Å². The summed E-state index contributed by atoms with van der Waals surface area (Å²) in [5.41, 5.74) is -0.515. The molecule has 0 bridgehead atoms. The fraction of sp³-hybridized carbons (Fsp3) is 0.353. The Balaban J connectivity index is 2.48. The minimum Gasteiger partial charge on any atom is -0.481 e. The second kappa shape index (κ2) is 6.24. The van der Waals surface area contributed by atoms with E-state index in [1.165, 1.54) is 10.8 Å². The third-order valence-corrected chi connectivity index (χ3v) is 3.14. The largest absolute Gasteiger partial charge is 0.481 e. The third-order valence-electron chi connectivity index (χ3n) is 3.14. The average Bonchev–Trinajstić information content (AvgIpc) is 2.41. The van der Waals surface area contributed by atoms with Gasteiger partial charge in [-0.2, -0.15) is 0 Å². The molecule has 122 valence electrons. The lowest BCUT2D eigenvalue weighted by Gasteiger charge is -2.20. The molecule has 0 saturated heterocycles. The molecule has 0 aliphatic heterocycles. The molecule has 0 fully saturated rings. The zero-order valence-corrected chi connectivity index (χ0v) is 13.3. The predicted molar refractivity (Wildman–Crippen MR) is 85.4 cm³/mol. The Hall–Kier alpha value is -2.63. The van der Waals surface area contributed by atoms with Gasteiger partial charge in [-0.1, -0.05) is 18.2 Å². The van der Waals surface area contributed by atoms with Crippen molar-refractivity contribution in [2.24, 2.45) is 0 Å². The van der Waals surface area contributed by atoms with Gasteiger partial charge in [0.2, 0.25) is 0 Å². The SMILES string of the molecule is CC(C)(C)OC(=O)Cn1cc(CC(=O)O)c2ccccc2c1=O. The van der Waals surface area contributed by atoms with E-state index in [-0.39, 0.29) is 18.5 Å². The third kappa shape index (κ3) is 4.18. The van der Waals surface area contributed by atoms with Crippen molar-refractivity contribution in [3.63, 3.8) is 0 Å². The number of hydrogen-bond donors (Lipinski definition) is 1. The summed E-state index contributed by atoms with van der Waals surface area (Å²) in [6.07, 6.45) is 1.19. The molecule has 0 aliphatic carbocycles. The van der Waals surface area contributed by atoms with Crippen molar-refractivity contribution >= 4 is 22.7 Å². The first-order valence-electron chi connectivity index (χ1n) is 7.22. The first kappa shape index (κ1) is 16.7. The highest BCUT2D eigenvalue weighted by atomic mass is 16.6. The lowest BCUT2D eigenvalue weighted by molar-refractivity contribution is -0.155. The first-order valence-corrected chi connectivity index (χ1v) is 7.22. The highest BCUT2D eigenvalue weighted by molar-refractivity contribution is 5.88. The fourth-order valence-corrected chi connectivity index (χ4v) is 2.35. The molecule has 1 aromatic heterocycles. The number of carboxylic acids is 1. The van der Waals surface area contributed by atoms with Crippen LogP contribution in [0, 0.1) is 0 Å². The van der Waals surface area contributed by atoms with E-state index in [0.29, 0.717) is 16.3 Å². The summed E-state index contributed by atoms with van der Waals surface area (Å²) in [5, 5.41) is 10.0. The maximum atomic E-state index is 12.5. The van der Waals surface area contributed by atoms with E-state index in [2.05, 4.69) is 0 Å². The summed E-state index contributed by atoms with van der Waals surface area (Å²) in [6.45, 7) is 4.96. The van der Waals surface area contributed by atoms with Crippen molar-refractivity contribution in [3.05, 3.63) is 46.4 Å². The maximum absolute atomic E-state index is 12.5. The Morgan fingerprint density at radius 1 is 1.17 bits per heavy atom. The number of aliphatic carboxylic acids is 1. The predicted octanol–water partition coefficient (Wildman–Crippen LogP) is 1.97. The van der Waals surface area contributed by atoms with E-state index in [1.807, 2.05) is 0 Å². The van der Waals surface area contributed by atoms with Gasteiger partial charge in [0.25, 0.3) is 5.56 Å². The number of carbonyl (C=O) groups is 2. The summed E-state index contributed by atoms with van der Waals surface area (Å²) < 4.78 is 6.42. The van der Waals surface area contributed by atoms with Crippen LogP contribution in [0.3, 0.4) is 0 Å². The number of fused-ring (bicyclic) bond motifs is 1. The van der Waals surface area contributed by atoms with Crippen LogP contribution in [-0.4, -0.2) is 27.2 Å². The molecule has 6 nitrogen and oxygen atoms in total. The van der Waals surface area contributed by atoms with E-state index < -0.39 is 17.5 Å². The van der Waals surface area contributed by atoms with E-state index in [4.69, 9.17) is 9.84 Å². The zero-order valence-electron chi connectivity index (χ0n) is 13.3. The zero-order chi connectivity index (χ0) is 17.2. The van der Waals surface area contributed by atoms with Gasteiger partial charge >= 0.3 is 11.9 Å². The van der Waals surface area contributed by atoms with Gasteiger partial charge in [-0.05, 0) is 37.8 Å². The molecule has 0 aliphatic rings. The highest BCUT2D eigenvalue weighted by Crippen LogP contribution is 2.16. The number of nitrogens with zero attached hydrogens (tertiary/aromatic N) is 1. The summed E-state index contributed by atoms with van der Waals surface area (Å²) >= 11 is 0. The molecule has 1 aromatic carbocycles. The second-order valence-corrected chi connectivity index (χ2v) is 6.29. The molecular formula is C17H19NO5. The van der Waals surface area contributed by atoms with Crippen LogP contribution in [-0.2, 0) is 27.3 Å². The van der Waals surface area contributed by atoms with Gasteiger partial charge in [0, 0.05) is 11.6 Å². The van der Waals surface area contributed by atoms with Gasteiger partial charge in [0.1, 0.15) is 12.1 Å². The quantitative estimate of drug-likeness (QED) is 0.871. The molecule has 0 unspecified atom stereocenters. The van der Waals surface area contributed by atoms with E-state index >= 15 is 0 Å². The van der Waals surface area contributed by atoms with E-state index in [9.17, 15) is 14.4 Å². The monoisotopic (exact) mass is 317 g/mol. The molecule has 23 heavy (non-hydrogen) atoms. The average molecular weight is 317 g/mol. The summed E-state index contributed by atoms with van der Waals surface area (Å²) in [6, 6.07) is 6.76. The lowest BCUT2D eigenvalue weighted by atomic mass is 10.1.